The zero-order valence-corrected chi connectivity index (χ0v) is 22.3. The molecule has 0 fully saturated rings. The number of aliphatic imine (C=N–C) groups is 1. The molecule has 0 aromatic heterocycles. The van der Waals surface area contributed by atoms with E-state index in [4.69, 9.17) is 32.1 Å². The van der Waals surface area contributed by atoms with Crippen molar-refractivity contribution in [2.45, 2.75) is 27.4 Å². The average molecular weight is 530 g/mol. The molecule has 0 bridgehead atoms. The monoisotopic (exact) mass is 529 g/mol. The van der Waals surface area contributed by atoms with E-state index in [1.54, 1.807) is 11.8 Å². The summed E-state index contributed by atoms with van der Waals surface area (Å²) in [5.74, 6) is 0.541. The summed E-state index contributed by atoms with van der Waals surface area (Å²) in [7, 11) is -0.909. The standard InChI is InChI=1S/C24H20BClN4O2.C4H9NO/c1-14(27)30-22-10-7-16(18-3-2-4-21-20(18)13-32-25(21)31)11-19(22)24(29-12-23(30)28)15-5-8-17(26)9-6-15;1-3-5-4(2)6/h2-11,27-28,31H,12-13H2,1H3;3H2,1-2H3,(H,5,6). The number of amides is 1. The summed E-state index contributed by atoms with van der Waals surface area (Å²) in [6, 6.07) is 19.2. The van der Waals surface area contributed by atoms with Gasteiger partial charge in [-0.1, -0.05) is 48.0 Å². The van der Waals surface area contributed by atoms with Gasteiger partial charge in [-0.05, 0) is 60.3 Å². The zero-order chi connectivity index (χ0) is 27.4. The van der Waals surface area contributed by atoms with Crippen molar-refractivity contribution in [3.8, 4) is 11.1 Å². The highest BCUT2D eigenvalue weighted by molar-refractivity contribution is 6.61. The van der Waals surface area contributed by atoms with E-state index in [0.29, 0.717) is 11.6 Å². The number of nitrogens with zero attached hydrogens (tertiary/aromatic N) is 2. The number of carbonyl (C=O) groups is 1. The fourth-order valence-corrected chi connectivity index (χ4v) is 4.68. The lowest BCUT2D eigenvalue weighted by Gasteiger charge is -2.24. The summed E-state index contributed by atoms with van der Waals surface area (Å²) in [6.45, 7) is 6.31. The van der Waals surface area contributed by atoms with Gasteiger partial charge >= 0.3 is 7.12 Å². The van der Waals surface area contributed by atoms with Crippen LogP contribution in [0.25, 0.3) is 11.1 Å². The number of rotatable bonds is 3. The van der Waals surface area contributed by atoms with E-state index in [1.165, 1.54) is 6.92 Å². The number of benzodiazepines with no additional fused rings is 1. The van der Waals surface area contributed by atoms with Gasteiger partial charge in [-0.15, -0.1) is 0 Å². The Balaban J connectivity index is 0.000000505. The van der Waals surface area contributed by atoms with Crippen LogP contribution in [0.15, 0.2) is 65.7 Å². The fraction of sp³-hybridized carbons (Fsp3) is 0.214. The lowest BCUT2D eigenvalue weighted by Crippen LogP contribution is -2.35. The van der Waals surface area contributed by atoms with Gasteiger partial charge in [-0.25, -0.2) is 0 Å². The molecule has 0 spiro atoms. The molecule has 2 aliphatic heterocycles. The second-order valence-electron chi connectivity index (χ2n) is 8.89. The van der Waals surface area contributed by atoms with Gasteiger partial charge in [-0.3, -0.25) is 25.5 Å². The minimum Gasteiger partial charge on any atom is -0.423 e. The molecule has 1 amide bonds. The average Bonchev–Trinajstić information content (AvgIpc) is 3.19. The van der Waals surface area contributed by atoms with Gasteiger partial charge in [0.2, 0.25) is 5.91 Å². The Labute approximate surface area is 227 Å². The molecular weight excluding hydrogens is 501 g/mol. The van der Waals surface area contributed by atoms with Crippen molar-refractivity contribution in [3.05, 3.63) is 82.4 Å². The molecule has 10 heteroatoms. The lowest BCUT2D eigenvalue weighted by atomic mass is 9.77. The van der Waals surface area contributed by atoms with Crippen LogP contribution >= 0.6 is 11.6 Å². The SMILES string of the molecule is CC(=N)N1C(=N)CN=C(c2ccc(Cl)cc2)c2cc(-c3cccc4c3COB4O)ccc21.CCNC(C)=O. The highest BCUT2D eigenvalue weighted by Crippen LogP contribution is 2.34. The number of nitrogens with one attached hydrogen (secondary N) is 3. The lowest BCUT2D eigenvalue weighted by molar-refractivity contribution is -0.118. The predicted molar refractivity (Wildman–Crippen MR) is 154 cm³/mol. The fourth-order valence-electron chi connectivity index (χ4n) is 4.55. The Bertz CT molecular complexity index is 1420. The molecule has 4 N–H and O–H groups in total. The third-order valence-corrected chi connectivity index (χ3v) is 6.46. The Hall–Kier alpha value is -3.79. The third kappa shape index (κ3) is 5.70. The highest BCUT2D eigenvalue weighted by Gasteiger charge is 2.30. The number of fused-ring (bicyclic) bond motifs is 2. The molecule has 0 saturated carbocycles. The first-order valence-corrected chi connectivity index (χ1v) is 12.6. The van der Waals surface area contributed by atoms with Crippen LogP contribution in [0.1, 0.15) is 37.5 Å². The number of carbonyl (C=O) groups excluding carboxylic acids is 1. The van der Waals surface area contributed by atoms with Crippen molar-refractivity contribution in [2.75, 3.05) is 18.0 Å². The highest BCUT2D eigenvalue weighted by atomic mass is 35.5. The Morgan fingerprint density at radius 1 is 1.13 bits per heavy atom. The minimum absolute atomic E-state index is 0.0394. The second kappa shape index (κ2) is 11.7. The van der Waals surface area contributed by atoms with E-state index in [1.807, 2.05) is 67.6 Å². The molecule has 3 aromatic carbocycles. The van der Waals surface area contributed by atoms with Gasteiger partial charge in [0.1, 0.15) is 11.7 Å². The van der Waals surface area contributed by atoms with Crippen LogP contribution in [0.5, 0.6) is 0 Å². The summed E-state index contributed by atoms with van der Waals surface area (Å²) in [6.07, 6.45) is 0. The van der Waals surface area contributed by atoms with Crippen molar-refractivity contribution >= 4 is 53.2 Å². The molecular formula is C28H29BClN5O3. The van der Waals surface area contributed by atoms with Crippen LogP contribution in [0.2, 0.25) is 5.02 Å². The molecule has 3 aromatic rings. The first-order chi connectivity index (χ1) is 18.2. The van der Waals surface area contributed by atoms with Crippen molar-refractivity contribution < 1.29 is 14.5 Å². The molecule has 0 atom stereocenters. The summed E-state index contributed by atoms with van der Waals surface area (Å²) in [5, 5.41) is 30.1. The molecule has 0 saturated heterocycles. The van der Waals surface area contributed by atoms with Crippen LogP contribution in [0.3, 0.4) is 0 Å². The first kappa shape index (κ1) is 27.3. The molecule has 0 radical (unpaired) electrons. The summed E-state index contributed by atoms with van der Waals surface area (Å²) in [5.41, 5.74) is 6.88. The van der Waals surface area contributed by atoms with Gasteiger partial charge < -0.3 is 15.0 Å². The largest absolute Gasteiger partial charge is 0.491 e. The maximum Gasteiger partial charge on any atom is 0.491 e. The van der Waals surface area contributed by atoms with E-state index in [9.17, 15) is 9.82 Å². The molecule has 5 rings (SSSR count). The molecule has 2 heterocycles. The Kier molecular flexibility index (Phi) is 8.41. The van der Waals surface area contributed by atoms with Crippen LogP contribution in [-0.4, -0.2) is 48.5 Å². The van der Waals surface area contributed by atoms with Gasteiger partial charge in [-0.2, -0.15) is 0 Å². The number of benzene rings is 3. The first-order valence-electron chi connectivity index (χ1n) is 12.2. The maximum atomic E-state index is 10.1. The number of hydrogen-bond donors (Lipinski definition) is 4. The normalized spacial score (nSPS) is 14.0. The topological polar surface area (TPSA) is 122 Å². The van der Waals surface area contributed by atoms with E-state index >= 15 is 0 Å². The van der Waals surface area contributed by atoms with Gasteiger partial charge in [0, 0.05) is 29.6 Å². The second-order valence-corrected chi connectivity index (χ2v) is 9.33. The minimum atomic E-state index is -0.909. The summed E-state index contributed by atoms with van der Waals surface area (Å²) in [4.78, 5) is 16.3. The summed E-state index contributed by atoms with van der Waals surface area (Å²) >= 11 is 6.10. The number of halogens is 1. The van der Waals surface area contributed by atoms with Crippen LogP contribution in [0.4, 0.5) is 5.69 Å². The maximum absolute atomic E-state index is 10.1. The molecule has 2 aliphatic rings. The molecule has 8 nitrogen and oxygen atoms in total. The smallest absolute Gasteiger partial charge is 0.423 e. The van der Waals surface area contributed by atoms with Gasteiger partial charge in [0.15, 0.2) is 0 Å². The Morgan fingerprint density at radius 2 is 1.84 bits per heavy atom. The zero-order valence-electron chi connectivity index (χ0n) is 21.5. The number of amidine groups is 2. The van der Waals surface area contributed by atoms with Crippen LogP contribution < -0.4 is 15.7 Å². The van der Waals surface area contributed by atoms with Crippen molar-refractivity contribution in [3.63, 3.8) is 0 Å². The molecule has 0 aliphatic carbocycles. The van der Waals surface area contributed by atoms with Crippen LogP contribution in [-0.2, 0) is 16.1 Å². The molecule has 38 heavy (non-hydrogen) atoms. The quantitative estimate of drug-likeness (QED) is 0.233. The predicted octanol–water partition coefficient (Wildman–Crippen LogP) is 4.00. The van der Waals surface area contributed by atoms with Crippen molar-refractivity contribution in [1.82, 2.24) is 5.32 Å². The number of anilines is 1. The van der Waals surface area contributed by atoms with E-state index < -0.39 is 7.12 Å². The third-order valence-electron chi connectivity index (χ3n) is 6.20. The van der Waals surface area contributed by atoms with Crippen molar-refractivity contribution in [1.29, 1.82) is 10.8 Å². The van der Waals surface area contributed by atoms with E-state index in [2.05, 4.69) is 5.32 Å². The van der Waals surface area contributed by atoms with Gasteiger partial charge in [0.25, 0.3) is 0 Å². The van der Waals surface area contributed by atoms with E-state index in [0.717, 1.165) is 51.2 Å². The summed E-state index contributed by atoms with van der Waals surface area (Å²) < 4.78 is 5.44. The van der Waals surface area contributed by atoms with Crippen LogP contribution in [0, 0.1) is 10.8 Å². The van der Waals surface area contributed by atoms with E-state index in [-0.39, 0.29) is 24.1 Å². The molecule has 0 unspecified atom stereocenters. The Morgan fingerprint density at radius 3 is 2.47 bits per heavy atom. The number of hydrogen-bond acceptors (Lipinski definition) is 6. The van der Waals surface area contributed by atoms with Gasteiger partial charge in [0.05, 0.1) is 24.6 Å². The van der Waals surface area contributed by atoms with Crippen molar-refractivity contribution in [2.24, 2.45) is 4.99 Å². The molecule has 194 valence electrons.